The van der Waals surface area contributed by atoms with E-state index in [-0.39, 0.29) is 23.9 Å². The number of hydrogen-bond donors (Lipinski definition) is 1. The Labute approximate surface area is 184 Å². The minimum Gasteiger partial charge on any atom is -0.396 e. The number of halogens is 2. The molecule has 0 amide bonds. The number of fused-ring (bicyclic) bond motifs is 1. The second kappa shape index (κ2) is 7.88. The highest BCUT2D eigenvalue weighted by Gasteiger charge is 2.43. The zero-order valence-corrected chi connectivity index (χ0v) is 18.9. The summed E-state index contributed by atoms with van der Waals surface area (Å²) in [5.41, 5.74) is 0.267. The molecule has 3 heterocycles. The van der Waals surface area contributed by atoms with Gasteiger partial charge in [0, 0.05) is 38.2 Å². The van der Waals surface area contributed by atoms with Crippen LogP contribution in [0.1, 0.15) is 32.6 Å². The normalized spacial score (nSPS) is 26.3. The first-order valence-electron chi connectivity index (χ1n) is 10.9. The van der Waals surface area contributed by atoms with Crippen molar-refractivity contribution in [1.82, 2.24) is 9.97 Å². The molecule has 6 nitrogen and oxygen atoms in total. The molecule has 1 N–H and O–H groups in total. The monoisotopic (exact) mass is 478 g/mol. The molecule has 5 rings (SSSR count). The van der Waals surface area contributed by atoms with Gasteiger partial charge in [-0.25, -0.2) is 9.37 Å². The van der Waals surface area contributed by atoms with Gasteiger partial charge < -0.3 is 19.6 Å². The lowest BCUT2D eigenvalue weighted by atomic mass is 9.79. The van der Waals surface area contributed by atoms with Crippen LogP contribution in [-0.2, 0) is 4.74 Å². The molecule has 8 heteroatoms. The first-order chi connectivity index (χ1) is 14.5. The van der Waals surface area contributed by atoms with Gasteiger partial charge in [-0.2, -0.15) is 4.98 Å². The fraction of sp³-hybridized carbons (Fsp3) is 0.636. The molecule has 2 saturated heterocycles. The molecule has 1 aliphatic carbocycles. The van der Waals surface area contributed by atoms with Gasteiger partial charge in [-0.05, 0) is 65.6 Å². The molecule has 1 saturated carbocycles. The lowest BCUT2D eigenvalue weighted by Crippen LogP contribution is -2.56. The van der Waals surface area contributed by atoms with Crippen LogP contribution in [0.4, 0.5) is 16.2 Å². The average molecular weight is 479 g/mol. The van der Waals surface area contributed by atoms with Gasteiger partial charge in [-0.1, -0.05) is 6.92 Å². The number of piperidine rings is 1. The van der Waals surface area contributed by atoms with Gasteiger partial charge in [0.05, 0.1) is 16.7 Å². The third-order valence-corrected chi connectivity index (χ3v) is 7.44. The Bertz CT molecular complexity index is 954. The van der Waals surface area contributed by atoms with E-state index in [1.165, 1.54) is 6.42 Å². The van der Waals surface area contributed by atoms with Crippen LogP contribution in [0, 0.1) is 17.7 Å². The highest BCUT2D eigenvalue weighted by atomic mass is 79.9. The van der Waals surface area contributed by atoms with Crippen molar-refractivity contribution in [3.8, 4) is 0 Å². The number of hydrogen-bond acceptors (Lipinski definition) is 6. The Kier molecular flexibility index (Phi) is 5.35. The average Bonchev–Trinajstić information content (AvgIpc) is 2.74. The summed E-state index contributed by atoms with van der Waals surface area (Å²) in [5, 5.41) is 10.5. The van der Waals surface area contributed by atoms with E-state index in [0.29, 0.717) is 35.0 Å². The lowest BCUT2D eigenvalue weighted by Gasteiger charge is -2.49. The summed E-state index contributed by atoms with van der Waals surface area (Å²) in [4.78, 5) is 14.0. The summed E-state index contributed by atoms with van der Waals surface area (Å²) < 4.78 is 21.6. The number of aliphatic hydroxyl groups excluding tert-OH is 1. The van der Waals surface area contributed by atoms with Crippen molar-refractivity contribution < 1.29 is 14.2 Å². The van der Waals surface area contributed by atoms with Gasteiger partial charge in [0.15, 0.2) is 5.82 Å². The molecule has 0 bridgehead atoms. The number of morpholine rings is 1. The molecule has 2 unspecified atom stereocenters. The summed E-state index contributed by atoms with van der Waals surface area (Å²) in [7, 11) is 0. The first kappa shape index (κ1) is 20.4. The highest BCUT2D eigenvalue weighted by Crippen LogP contribution is 2.41. The molecule has 2 aliphatic heterocycles. The molecule has 0 radical (unpaired) electrons. The quantitative estimate of drug-likeness (QED) is 0.724. The number of anilines is 2. The van der Waals surface area contributed by atoms with E-state index in [0.717, 1.165) is 50.1 Å². The standard InChI is InChI=1S/C22H28BrFN4O2/c1-14-9-15(12-29)11-28(10-14)21-25-19-16(3-4-17(23)18(19)24)20(26-21)27-7-8-30-22(13-27)5-2-6-22/h3-4,14-15,29H,2,5-13H2,1H3. The summed E-state index contributed by atoms with van der Waals surface area (Å²) in [6, 6.07) is 3.63. The number of ether oxygens (including phenoxy) is 1. The second-order valence-corrected chi connectivity index (χ2v) is 10.1. The highest BCUT2D eigenvalue weighted by molar-refractivity contribution is 9.10. The van der Waals surface area contributed by atoms with E-state index in [1.807, 2.05) is 6.07 Å². The molecule has 1 aromatic carbocycles. The van der Waals surface area contributed by atoms with Crippen LogP contribution >= 0.6 is 15.9 Å². The third kappa shape index (κ3) is 3.56. The number of rotatable bonds is 3. The van der Waals surface area contributed by atoms with Crippen LogP contribution < -0.4 is 9.80 Å². The van der Waals surface area contributed by atoms with Gasteiger partial charge in [0.1, 0.15) is 11.3 Å². The zero-order chi connectivity index (χ0) is 20.9. The zero-order valence-electron chi connectivity index (χ0n) is 17.3. The Morgan fingerprint density at radius 2 is 2.10 bits per heavy atom. The van der Waals surface area contributed by atoms with Gasteiger partial charge in [0.25, 0.3) is 0 Å². The number of nitrogens with zero attached hydrogens (tertiary/aromatic N) is 4. The van der Waals surface area contributed by atoms with Crippen LogP contribution in [0.2, 0.25) is 0 Å². The van der Waals surface area contributed by atoms with E-state index >= 15 is 4.39 Å². The molecule has 2 aromatic rings. The SMILES string of the molecule is CC1CC(CO)CN(c2nc(N3CCOC4(CCC4)C3)c3ccc(Br)c(F)c3n2)C1. The molecule has 2 atom stereocenters. The van der Waals surface area contributed by atoms with Crippen molar-refractivity contribution in [3.05, 3.63) is 22.4 Å². The summed E-state index contributed by atoms with van der Waals surface area (Å²) in [6.07, 6.45) is 4.32. The van der Waals surface area contributed by atoms with Crippen LogP contribution in [-0.4, -0.2) is 60.1 Å². The van der Waals surface area contributed by atoms with Gasteiger partial charge in [0.2, 0.25) is 5.95 Å². The van der Waals surface area contributed by atoms with Crippen molar-refractivity contribution in [3.63, 3.8) is 0 Å². The van der Waals surface area contributed by atoms with Gasteiger partial charge >= 0.3 is 0 Å². The van der Waals surface area contributed by atoms with Crippen LogP contribution in [0.15, 0.2) is 16.6 Å². The van der Waals surface area contributed by atoms with E-state index in [9.17, 15) is 5.11 Å². The van der Waals surface area contributed by atoms with Gasteiger partial charge in [-0.15, -0.1) is 0 Å². The van der Waals surface area contributed by atoms with Crippen molar-refractivity contribution in [2.75, 3.05) is 49.2 Å². The molecule has 3 aliphatic rings. The molecule has 162 valence electrons. The number of aliphatic hydroxyl groups is 1. The van der Waals surface area contributed by atoms with E-state index < -0.39 is 0 Å². The minimum absolute atomic E-state index is 0.0782. The number of aromatic nitrogens is 2. The smallest absolute Gasteiger partial charge is 0.228 e. The van der Waals surface area contributed by atoms with Crippen molar-refractivity contribution >= 4 is 38.6 Å². The fourth-order valence-corrected chi connectivity index (χ4v) is 5.49. The Morgan fingerprint density at radius 1 is 1.27 bits per heavy atom. The van der Waals surface area contributed by atoms with E-state index in [2.05, 4.69) is 37.6 Å². The Morgan fingerprint density at radius 3 is 2.83 bits per heavy atom. The summed E-state index contributed by atoms with van der Waals surface area (Å²) in [6.45, 7) is 6.00. The van der Waals surface area contributed by atoms with Gasteiger partial charge in [-0.3, -0.25) is 0 Å². The molecule has 1 spiro atoms. The topological polar surface area (TPSA) is 61.7 Å². The molecule has 1 aromatic heterocycles. The predicted octanol–water partition coefficient (Wildman–Crippen LogP) is 3.75. The van der Waals surface area contributed by atoms with Crippen molar-refractivity contribution in [1.29, 1.82) is 0 Å². The third-order valence-electron chi connectivity index (χ3n) is 6.83. The van der Waals surface area contributed by atoms with Crippen LogP contribution in [0.3, 0.4) is 0 Å². The molecule has 30 heavy (non-hydrogen) atoms. The fourth-order valence-electron chi connectivity index (χ4n) is 5.17. The minimum atomic E-state index is -0.354. The predicted molar refractivity (Wildman–Crippen MR) is 119 cm³/mol. The second-order valence-electron chi connectivity index (χ2n) is 9.21. The lowest BCUT2D eigenvalue weighted by molar-refractivity contribution is -0.106. The first-order valence-corrected chi connectivity index (χ1v) is 11.7. The van der Waals surface area contributed by atoms with Crippen molar-refractivity contribution in [2.24, 2.45) is 11.8 Å². The van der Waals surface area contributed by atoms with Crippen molar-refractivity contribution in [2.45, 2.75) is 38.2 Å². The van der Waals surface area contributed by atoms with E-state index in [4.69, 9.17) is 9.72 Å². The largest absolute Gasteiger partial charge is 0.396 e. The molecule has 3 fully saturated rings. The maximum atomic E-state index is 15.1. The number of benzene rings is 1. The van der Waals surface area contributed by atoms with E-state index in [1.54, 1.807) is 6.07 Å². The summed E-state index contributed by atoms with van der Waals surface area (Å²) in [5.74, 6) is 1.59. The Hall–Kier alpha value is -1.51. The molecular formula is C22H28BrFN4O2. The summed E-state index contributed by atoms with van der Waals surface area (Å²) >= 11 is 3.31. The maximum absolute atomic E-state index is 15.1. The van der Waals surface area contributed by atoms with Crippen LogP contribution in [0.25, 0.3) is 10.9 Å². The van der Waals surface area contributed by atoms with Crippen LogP contribution in [0.5, 0.6) is 0 Å². The molecular weight excluding hydrogens is 451 g/mol. The Balaban J connectivity index is 1.59. The maximum Gasteiger partial charge on any atom is 0.228 e.